The molecule has 2 atom stereocenters. The number of rotatable bonds is 5. The van der Waals surface area contributed by atoms with Crippen LogP contribution in [0.5, 0.6) is 0 Å². The van der Waals surface area contributed by atoms with E-state index in [0.29, 0.717) is 19.1 Å². The van der Waals surface area contributed by atoms with Crippen LogP contribution in [0.2, 0.25) is 0 Å². The number of carbonyl (C=O) groups is 1. The molecule has 6 heteroatoms. The van der Waals surface area contributed by atoms with Gasteiger partial charge in [0, 0.05) is 39.3 Å². The number of carbonyl (C=O) groups excluding carboxylic acids is 1. The zero-order valence-electron chi connectivity index (χ0n) is 13.8. The molecule has 0 spiro atoms. The van der Waals surface area contributed by atoms with E-state index in [1.165, 1.54) is 4.90 Å². The maximum absolute atomic E-state index is 12.3. The molecular formula is C15H28N4O2. The molecule has 0 aliphatic carbocycles. The van der Waals surface area contributed by atoms with Gasteiger partial charge in [0.25, 0.3) is 0 Å². The first-order valence-corrected chi connectivity index (χ1v) is 7.49. The summed E-state index contributed by atoms with van der Waals surface area (Å²) in [6.07, 6.45) is -0.330. The van der Waals surface area contributed by atoms with Gasteiger partial charge in [0.2, 0.25) is 5.91 Å². The van der Waals surface area contributed by atoms with Crippen molar-refractivity contribution in [1.29, 1.82) is 5.26 Å². The molecule has 1 aliphatic heterocycles. The molecule has 1 aliphatic rings. The van der Waals surface area contributed by atoms with Crippen molar-refractivity contribution >= 4 is 5.91 Å². The van der Waals surface area contributed by atoms with Crippen molar-refractivity contribution in [3.63, 3.8) is 0 Å². The normalized spacial score (nSPS) is 22.6. The van der Waals surface area contributed by atoms with Crippen LogP contribution in [0.25, 0.3) is 0 Å². The SMILES string of the molecule is C[C@@H](O)CN1CCN(CC(=O)N(C)C(C)(C)C#N)C[C@@H]1C. The van der Waals surface area contributed by atoms with E-state index in [1.807, 2.05) is 0 Å². The van der Waals surface area contributed by atoms with Gasteiger partial charge < -0.3 is 10.0 Å². The van der Waals surface area contributed by atoms with E-state index in [4.69, 9.17) is 5.26 Å². The molecule has 0 bridgehead atoms. The Labute approximate surface area is 127 Å². The molecule has 1 N–H and O–H groups in total. The monoisotopic (exact) mass is 296 g/mol. The van der Waals surface area contributed by atoms with Gasteiger partial charge in [-0.25, -0.2) is 0 Å². The summed E-state index contributed by atoms with van der Waals surface area (Å²) in [5, 5.41) is 18.6. The number of amides is 1. The maximum atomic E-state index is 12.3. The van der Waals surface area contributed by atoms with Crippen LogP contribution in [0.15, 0.2) is 0 Å². The molecule has 1 fully saturated rings. The summed E-state index contributed by atoms with van der Waals surface area (Å²) in [5.74, 6) is -0.0299. The van der Waals surface area contributed by atoms with E-state index < -0.39 is 5.54 Å². The molecule has 21 heavy (non-hydrogen) atoms. The van der Waals surface area contributed by atoms with Crippen LogP contribution in [-0.2, 0) is 4.79 Å². The number of aliphatic hydroxyl groups excluding tert-OH is 1. The summed E-state index contributed by atoms with van der Waals surface area (Å²) in [6, 6.07) is 2.46. The molecule has 6 nitrogen and oxygen atoms in total. The fourth-order valence-corrected chi connectivity index (χ4v) is 2.51. The third-order valence-corrected chi connectivity index (χ3v) is 4.19. The van der Waals surface area contributed by atoms with Gasteiger partial charge in [-0.3, -0.25) is 14.6 Å². The summed E-state index contributed by atoms with van der Waals surface area (Å²) in [7, 11) is 1.68. The van der Waals surface area contributed by atoms with Crippen molar-refractivity contribution in [3.05, 3.63) is 0 Å². The van der Waals surface area contributed by atoms with E-state index in [1.54, 1.807) is 27.8 Å². The predicted molar refractivity (Wildman–Crippen MR) is 81.6 cm³/mol. The molecule has 0 unspecified atom stereocenters. The van der Waals surface area contributed by atoms with Crippen LogP contribution in [0.1, 0.15) is 27.7 Å². The van der Waals surface area contributed by atoms with Crippen LogP contribution in [0, 0.1) is 11.3 Å². The quantitative estimate of drug-likeness (QED) is 0.781. The third-order valence-electron chi connectivity index (χ3n) is 4.19. The first-order valence-electron chi connectivity index (χ1n) is 7.49. The van der Waals surface area contributed by atoms with Gasteiger partial charge in [0.15, 0.2) is 0 Å². The second-order valence-electron chi connectivity index (χ2n) is 6.55. The van der Waals surface area contributed by atoms with Crippen LogP contribution < -0.4 is 0 Å². The molecule has 1 amide bonds. The Bertz CT molecular complexity index is 403. The number of likely N-dealkylation sites (N-methyl/N-ethyl adjacent to an activating group) is 1. The molecule has 0 aromatic carbocycles. The third kappa shape index (κ3) is 4.95. The Morgan fingerprint density at radius 3 is 2.62 bits per heavy atom. The molecule has 1 saturated heterocycles. The van der Waals surface area contributed by atoms with Crippen LogP contribution in [-0.4, -0.2) is 83.2 Å². The standard InChI is InChI=1S/C15H28N4O2/c1-12-8-18(6-7-19(12)9-13(2)20)10-14(21)17(5)15(3,4)11-16/h12-13,20H,6-10H2,1-5H3/t12-,13+/m0/s1. The van der Waals surface area contributed by atoms with Gasteiger partial charge in [-0.1, -0.05) is 0 Å². The number of nitriles is 1. The van der Waals surface area contributed by atoms with Crippen molar-refractivity contribution in [2.45, 2.75) is 45.4 Å². The Morgan fingerprint density at radius 2 is 2.14 bits per heavy atom. The molecule has 0 aromatic heterocycles. The fourth-order valence-electron chi connectivity index (χ4n) is 2.51. The highest BCUT2D eigenvalue weighted by molar-refractivity contribution is 5.79. The van der Waals surface area contributed by atoms with E-state index in [-0.39, 0.29) is 12.0 Å². The average molecular weight is 296 g/mol. The van der Waals surface area contributed by atoms with Crippen LogP contribution in [0.4, 0.5) is 0 Å². The second kappa shape index (κ2) is 7.21. The summed E-state index contributed by atoms with van der Waals surface area (Å²) < 4.78 is 0. The lowest BCUT2D eigenvalue weighted by atomic mass is 10.1. The zero-order chi connectivity index (χ0) is 16.2. The molecule has 0 aromatic rings. The minimum Gasteiger partial charge on any atom is -0.392 e. The van der Waals surface area contributed by atoms with Gasteiger partial charge in [0.05, 0.1) is 18.7 Å². The maximum Gasteiger partial charge on any atom is 0.237 e. The molecular weight excluding hydrogens is 268 g/mol. The van der Waals surface area contributed by atoms with Gasteiger partial charge in [-0.2, -0.15) is 5.26 Å². The summed E-state index contributed by atoms with van der Waals surface area (Å²) in [4.78, 5) is 18.1. The highest BCUT2D eigenvalue weighted by atomic mass is 16.3. The Balaban J connectivity index is 2.52. The van der Waals surface area contributed by atoms with Gasteiger partial charge in [-0.05, 0) is 27.7 Å². The number of aliphatic hydroxyl groups is 1. The van der Waals surface area contributed by atoms with Gasteiger partial charge in [-0.15, -0.1) is 0 Å². The first-order chi connectivity index (χ1) is 9.67. The lowest BCUT2D eigenvalue weighted by molar-refractivity contribution is -0.135. The van der Waals surface area contributed by atoms with E-state index in [2.05, 4.69) is 22.8 Å². The van der Waals surface area contributed by atoms with Crippen LogP contribution >= 0.6 is 0 Å². The molecule has 0 saturated carbocycles. The smallest absolute Gasteiger partial charge is 0.237 e. The van der Waals surface area contributed by atoms with E-state index in [9.17, 15) is 9.90 Å². The highest BCUT2D eigenvalue weighted by Gasteiger charge is 2.30. The first kappa shape index (κ1) is 17.9. The van der Waals surface area contributed by atoms with E-state index in [0.717, 1.165) is 19.6 Å². The Hall–Kier alpha value is -1.16. The largest absolute Gasteiger partial charge is 0.392 e. The Kier molecular flexibility index (Phi) is 6.14. The molecule has 1 rings (SSSR count). The van der Waals surface area contributed by atoms with Crippen molar-refractivity contribution < 1.29 is 9.90 Å². The minimum absolute atomic E-state index is 0.0299. The summed E-state index contributed by atoms with van der Waals surface area (Å²) in [5.41, 5.74) is -0.781. The predicted octanol–water partition coefficient (Wildman–Crippen LogP) is 0.134. The number of nitrogens with zero attached hydrogens (tertiary/aromatic N) is 4. The second-order valence-corrected chi connectivity index (χ2v) is 6.55. The van der Waals surface area contributed by atoms with Gasteiger partial charge in [0.1, 0.15) is 5.54 Å². The molecule has 120 valence electrons. The number of β-amino-alcohol motifs (C(OH)–C–C–N with tert-alkyl or cyclic N) is 1. The van der Waals surface area contributed by atoms with Crippen molar-refractivity contribution in [2.75, 3.05) is 39.8 Å². The zero-order valence-corrected chi connectivity index (χ0v) is 13.8. The van der Waals surface area contributed by atoms with Crippen molar-refractivity contribution in [3.8, 4) is 6.07 Å². The number of hydrogen-bond donors (Lipinski definition) is 1. The molecule has 1 heterocycles. The lowest BCUT2D eigenvalue weighted by Crippen LogP contribution is -2.56. The van der Waals surface area contributed by atoms with E-state index >= 15 is 0 Å². The van der Waals surface area contributed by atoms with Crippen LogP contribution in [0.3, 0.4) is 0 Å². The summed E-state index contributed by atoms with van der Waals surface area (Å²) >= 11 is 0. The Morgan fingerprint density at radius 1 is 1.52 bits per heavy atom. The number of piperazine rings is 1. The number of hydrogen-bond acceptors (Lipinski definition) is 5. The average Bonchev–Trinajstić information content (AvgIpc) is 2.40. The topological polar surface area (TPSA) is 70.8 Å². The van der Waals surface area contributed by atoms with Crippen molar-refractivity contribution in [1.82, 2.24) is 14.7 Å². The lowest BCUT2D eigenvalue weighted by Gasteiger charge is -2.41. The highest BCUT2D eigenvalue weighted by Crippen LogP contribution is 2.13. The fraction of sp³-hybridized carbons (Fsp3) is 0.867. The van der Waals surface area contributed by atoms with Crippen molar-refractivity contribution in [2.24, 2.45) is 0 Å². The summed E-state index contributed by atoms with van der Waals surface area (Å²) in [6.45, 7) is 10.9. The van der Waals surface area contributed by atoms with Gasteiger partial charge >= 0.3 is 0 Å². The minimum atomic E-state index is -0.781. The molecule has 0 radical (unpaired) electrons.